The summed E-state index contributed by atoms with van der Waals surface area (Å²) in [5.74, 6) is 1.12. The maximum atomic E-state index is 8.95. The Balaban J connectivity index is 3.24. The van der Waals surface area contributed by atoms with Crippen molar-refractivity contribution in [2.75, 3.05) is 18.0 Å². The van der Waals surface area contributed by atoms with E-state index in [9.17, 15) is 0 Å². The zero-order chi connectivity index (χ0) is 15.3. The van der Waals surface area contributed by atoms with Gasteiger partial charge < -0.3 is 15.8 Å². The minimum absolute atomic E-state index is 0.0833. The third kappa shape index (κ3) is 4.60. The van der Waals surface area contributed by atoms with Gasteiger partial charge in [0.15, 0.2) is 5.84 Å². The molecule has 0 amide bonds. The second-order valence-electron chi connectivity index (χ2n) is 5.84. The number of hydrogen-bond acceptors (Lipinski definition) is 3. The molecule has 1 aromatic rings. The third-order valence-corrected chi connectivity index (χ3v) is 3.09. The quantitative estimate of drug-likeness (QED) is 0.365. The molecule has 0 aliphatic carbocycles. The zero-order valence-electron chi connectivity index (χ0n) is 12.6. The van der Waals surface area contributed by atoms with Crippen LogP contribution < -0.4 is 10.6 Å². The number of oxime groups is 1. The molecule has 0 aliphatic heterocycles. The first-order valence-electron chi connectivity index (χ1n) is 6.87. The molecule has 0 heterocycles. The summed E-state index contributed by atoms with van der Waals surface area (Å²) >= 11 is 6.02. The first-order valence-corrected chi connectivity index (χ1v) is 7.25. The van der Waals surface area contributed by atoms with E-state index >= 15 is 0 Å². The molecule has 0 aliphatic rings. The summed E-state index contributed by atoms with van der Waals surface area (Å²) in [4.78, 5) is 2.26. The Morgan fingerprint density at radius 2 is 1.80 bits per heavy atom. The van der Waals surface area contributed by atoms with Crippen LogP contribution in [0.5, 0.6) is 0 Å². The van der Waals surface area contributed by atoms with Crippen molar-refractivity contribution < 1.29 is 5.21 Å². The highest BCUT2D eigenvalue weighted by Crippen LogP contribution is 2.26. The van der Waals surface area contributed by atoms with Gasteiger partial charge >= 0.3 is 0 Å². The number of amidine groups is 1. The number of hydrogen-bond donors (Lipinski definition) is 2. The van der Waals surface area contributed by atoms with Crippen LogP contribution in [-0.4, -0.2) is 24.1 Å². The van der Waals surface area contributed by atoms with Crippen LogP contribution in [0.25, 0.3) is 0 Å². The van der Waals surface area contributed by atoms with Crippen molar-refractivity contribution >= 4 is 23.1 Å². The van der Waals surface area contributed by atoms with Crippen molar-refractivity contribution in [1.82, 2.24) is 0 Å². The molecule has 0 radical (unpaired) electrons. The molecule has 0 atom stereocenters. The fourth-order valence-corrected chi connectivity index (χ4v) is 2.37. The molecule has 0 saturated heterocycles. The van der Waals surface area contributed by atoms with Gasteiger partial charge in [0, 0.05) is 29.4 Å². The highest BCUT2D eigenvalue weighted by Gasteiger charge is 2.16. The Hall–Kier alpha value is -1.42. The normalized spacial score (nSPS) is 12.2. The van der Waals surface area contributed by atoms with Crippen LogP contribution in [0.15, 0.2) is 23.4 Å². The minimum Gasteiger partial charge on any atom is -0.409 e. The van der Waals surface area contributed by atoms with Gasteiger partial charge in [0.1, 0.15) is 0 Å². The maximum absolute atomic E-state index is 8.95. The van der Waals surface area contributed by atoms with Gasteiger partial charge in [0.05, 0.1) is 0 Å². The Morgan fingerprint density at radius 3 is 2.25 bits per heavy atom. The molecule has 0 fully saturated rings. The van der Waals surface area contributed by atoms with E-state index in [0.717, 1.165) is 18.8 Å². The second-order valence-corrected chi connectivity index (χ2v) is 6.28. The SMILES string of the molecule is CC(C)CN(CC(C)C)c1ccc(Cl)cc1C(N)=NO. The molecule has 3 N–H and O–H groups in total. The first-order chi connectivity index (χ1) is 9.35. The minimum atomic E-state index is 0.0833. The molecule has 0 unspecified atom stereocenters. The van der Waals surface area contributed by atoms with Crippen LogP contribution >= 0.6 is 11.6 Å². The summed E-state index contributed by atoms with van der Waals surface area (Å²) in [6.07, 6.45) is 0. The van der Waals surface area contributed by atoms with Gasteiger partial charge in [-0.15, -0.1) is 0 Å². The van der Waals surface area contributed by atoms with Crippen LogP contribution in [0.2, 0.25) is 5.02 Å². The summed E-state index contributed by atoms with van der Waals surface area (Å²) in [5, 5.41) is 12.6. The highest BCUT2D eigenvalue weighted by atomic mass is 35.5. The van der Waals surface area contributed by atoms with Crippen LogP contribution in [0.3, 0.4) is 0 Å². The number of nitrogens with two attached hydrogens (primary N) is 1. The van der Waals surface area contributed by atoms with E-state index < -0.39 is 0 Å². The van der Waals surface area contributed by atoms with Crippen LogP contribution in [0.1, 0.15) is 33.3 Å². The molecular formula is C15H24ClN3O. The Morgan fingerprint density at radius 1 is 1.25 bits per heavy atom. The van der Waals surface area contributed by atoms with Crippen molar-refractivity contribution in [2.24, 2.45) is 22.7 Å². The summed E-state index contributed by atoms with van der Waals surface area (Å²) in [6.45, 7) is 10.5. The van der Waals surface area contributed by atoms with E-state index in [-0.39, 0.29) is 5.84 Å². The summed E-state index contributed by atoms with van der Waals surface area (Å²) in [6, 6.07) is 5.50. The smallest absolute Gasteiger partial charge is 0.172 e. The number of anilines is 1. The lowest BCUT2D eigenvalue weighted by Crippen LogP contribution is -2.33. The average Bonchev–Trinajstić information content (AvgIpc) is 2.35. The molecule has 0 saturated carbocycles. The topological polar surface area (TPSA) is 61.8 Å². The van der Waals surface area contributed by atoms with Crippen molar-refractivity contribution in [1.29, 1.82) is 0 Å². The van der Waals surface area contributed by atoms with E-state index in [2.05, 4.69) is 37.8 Å². The molecule has 112 valence electrons. The number of rotatable bonds is 6. The van der Waals surface area contributed by atoms with Crippen molar-refractivity contribution in [2.45, 2.75) is 27.7 Å². The lowest BCUT2D eigenvalue weighted by atomic mass is 10.1. The zero-order valence-corrected chi connectivity index (χ0v) is 13.4. The van der Waals surface area contributed by atoms with Crippen LogP contribution in [0, 0.1) is 11.8 Å². The molecule has 0 bridgehead atoms. The van der Waals surface area contributed by atoms with E-state index in [1.54, 1.807) is 6.07 Å². The lowest BCUT2D eigenvalue weighted by molar-refractivity contribution is 0.318. The molecule has 5 heteroatoms. The van der Waals surface area contributed by atoms with Crippen molar-refractivity contribution in [3.05, 3.63) is 28.8 Å². The van der Waals surface area contributed by atoms with E-state index in [1.165, 1.54) is 0 Å². The van der Waals surface area contributed by atoms with E-state index in [0.29, 0.717) is 22.4 Å². The largest absolute Gasteiger partial charge is 0.409 e. The van der Waals surface area contributed by atoms with Gasteiger partial charge in [-0.25, -0.2) is 0 Å². The maximum Gasteiger partial charge on any atom is 0.172 e. The van der Waals surface area contributed by atoms with Crippen molar-refractivity contribution in [3.63, 3.8) is 0 Å². The first kappa shape index (κ1) is 16.6. The highest BCUT2D eigenvalue weighted by molar-refractivity contribution is 6.31. The lowest BCUT2D eigenvalue weighted by Gasteiger charge is -2.30. The molecule has 0 spiro atoms. The predicted molar refractivity (Wildman–Crippen MR) is 85.9 cm³/mol. The van der Waals surface area contributed by atoms with Crippen LogP contribution in [0.4, 0.5) is 5.69 Å². The average molecular weight is 298 g/mol. The van der Waals surface area contributed by atoms with Gasteiger partial charge in [-0.2, -0.15) is 0 Å². The standard InChI is InChI=1S/C15H24ClN3O/c1-10(2)8-19(9-11(3)4)14-6-5-12(16)7-13(14)15(17)18-20/h5-7,10-11,20H,8-9H2,1-4H3,(H2,17,18). The summed E-state index contributed by atoms with van der Waals surface area (Å²) in [7, 11) is 0. The Kier molecular flexibility index (Phi) is 6.14. The Labute approximate surface area is 126 Å². The van der Waals surface area contributed by atoms with Crippen LogP contribution in [-0.2, 0) is 0 Å². The van der Waals surface area contributed by atoms with Gasteiger partial charge in [0.25, 0.3) is 0 Å². The van der Waals surface area contributed by atoms with Gasteiger partial charge in [-0.1, -0.05) is 44.5 Å². The fraction of sp³-hybridized carbons (Fsp3) is 0.533. The number of benzene rings is 1. The predicted octanol–water partition coefficient (Wildman–Crippen LogP) is 3.55. The number of halogens is 1. The monoisotopic (exact) mass is 297 g/mol. The molecule has 1 aromatic carbocycles. The summed E-state index contributed by atoms with van der Waals surface area (Å²) in [5.41, 5.74) is 7.40. The second kappa shape index (κ2) is 7.39. The molecule has 4 nitrogen and oxygen atoms in total. The van der Waals surface area contributed by atoms with Gasteiger partial charge in [-0.05, 0) is 30.0 Å². The van der Waals surface area contributed by atoms with E-state index in [4.69, 9.17) is 22.5 Å². The van der Waals surface area contributed by atoms with E-state index in [1.807, 2.05) is 12.1 Å². The fourth-order valence-electron chi connectivity index (χ4n) is 2.20. The Bertz CT molecular complexity index is 462. The van der Waals surface area contributed by atoms with Gasteiger partial charge in [0.2, 0.25) is 0 Å². The molecule has 0 aromatic heterocycles. The molecular weight excluding hydrogens is 274 g/mol. The third-order valence-electron chi connectivity index (χ3n) is 2.85. The van der Waals surface area contributed by atoms with Gasteiger partial charge in [-0.3, -0.25) is 0 Å². The molecule has 20 heavy (non-hydrogen) atoms. The van der Waals surface area contributed by atoms with Crippen molar-refractivity contribution in [3.8, 4) is 0 Å². The summed E-state index contributed by atoms with van der Waals surface area (Å²) < 4.78 is 0. The number of nitrogens with zero attached hydrogens (tertiary/aromatic N) is 2. The molecule has 1 rings (SSSR count).